The maximum atomic E-state index is 4.61. The van der Waals surface area contributed by atoms with Gasteiger partial charge in [0.15, 0.2) is 5.82 Å². The molecule has 1 aliphatic rings. The fraction of sp³-hybridized carbons (Fsp3) is 0.231. The molecular weight excluding hydrogens is 198 g/mol. The van der Waals surface area contributed by atoms with Gasteiger partial charge >= 0.3 is 0 Å². The van der Waals surface area contributed by atoms with Crippen molar-refractivity contribution in [3.63, 3.8) is 0 Å². The van der Waals surface area contributed by atoms with Gasteiger partial charge in [-0.15, -0.1) is 0 Å². The van der Waals surface area contributed by atoms with Gasteiger partial charge in [-0.05, 0) is 12.5 Å². The van der Waals surface area contributed by atoms with Crippen LogP contribution >= 0.6 is 0 Å². The third-order valence-electron chi connectivity index (χ3n) is 2.95. The van der Waals surface area contributed by atoms with Gasteiger partial charge in [-0.25, -0.2) is 9.97 Å². The van der Waals surface area contributed by atoms with Gasteiger partial charge in [-0.1, -0.05) is 24.3 Å². The Morgan fingerprint density at radius 1 is 1.19 bits per heavy atom. The summed E-state index contributed by atoms with van der Waals surface area (Å²) in [6, 6.07) is 8.22. The molecule has 0 unspecified atom stereocenters. The number of aromatic nitrogens is 2. The second-order valence-corrected chi connectivity index (χ2v) is 4.08. The Morgan fingerprint density at radius 2 is 2.06 bits per heavy atom. The van der Waals surface area contributed by atoms with Crippen molar-refractivity contribution >= 4 is 0 Å². The zero-order chi connectivity index (χ0) is 11.0. The van der Waals surface area contributed by atoms with E-state index < -0.39 is 0 Å². The topological polar surface area (TPSA) is 37.8 Å². The van der Waals surface area contributed by atoms with E-state index in [1.807, 2.05) is 18.3 Å². The van der Waals surface area contributed by atoms with E-state index in [4.69, 9.17) is 0 Å². The third-order valence-corrected chi connectivity index (χ3v) is 2.95. The van der Waals surface area contributed by atoms with Gasteiger partial charge in [0, 0.05) is 30.4 Å². The Bertz CT molecular complexity index is 534. The highest BCUT2D eigenvalue weighted by Crippen LogP contribution is 2.21. The molecule has 2 aromatic rings. The summed E-state index contributed by atoms with van der Waals surface area (Å²) in [7, 11) is 0. The quantitative estimate of drug-likeness (QED) is 0.784. The first kappa shape index (κ1) is 9.48. The normalized spacial score (nSPS) is 13.8. The van der Waals surface area contributed by atoms with Crippen molar-refractivity contribution in [1.29, 1.82) is 0 Å². The van der Waals surface area contributed by atoms with Crippen LogP contribution in [0.3, 0.4) is 0 Å². The fourth-order valence-corrected chi connectivity index (χ4v) is 2.01. The largest absolute Gasteiger partial charge is 0.307 e. The summed E-state index contributed by atoms with van der Waals surface area (Å²) in [5.41, 5.74) is 4.69. The Hall–Kier alpha value is -1.74. The van der Waals surface area contributed by atoms with Crippen LogP contribution in [0.2, 0.25) is 0 Å². The molecule has 3 nitrogen and oxygen atoms in total. The van der Waals surface area contributed by atoms with E-state index in [-0.39, 0.29) is 0 Å². The minimum atomic E-state index is 0.834. The Labute approximate surface area is 94.6 Å². The predicted molar refractivity (Wildman–Crippen MR) is 62.7 cm³/mol. The summed E-state index contributed by atoms with van der Waals surface area (Å²) in [4.78, 5) is 9.04. The number of aryl methyl sites for hydroxylation is 1. The standard InChI is InChI=1S/C13H13N3/c1-9-4-2-3-5-11(9)13-15-7-10-6-14-8-12(10)16-13/h2-5,7,14H,6,8H2,1H3. The van der Waals surface area contributed by atoms with E-state index >= 15 is 0 Å². The molecule has 1 aliphatic heterocycles. The minimum Gasteiger partial charge on any atom is -0.307 e. The van der Waals surface area contributed by atoms with Crippen LogP contribution in [0.4, 0.5) is 0 Å². The summed E-state index contributed by atoms with van der Waals surface area (Å²) in [5.74, 6) is 0.834. The molecule has 1 aromatic heterocycles. The molecular formula is C13H13N3. The number of benzene rings is 1. The molecule has 0 fully saturated rings. The van der Waals surface area contributed by atoms with Crippen LogP contribution in [0, 0.1) is 6.92 Å². The van der Waals surface area contributed by atoms with Gasteiger partial charge in [-0.3, -0.25) is 0 Å². The fourth-order valence-electron chi connectivity index (χ4n) is 2.01. The molecule has 3 heteroatoms. The van der Waals surface area contributed by atoms with E-state index in [1.54, 1.807) is 0 Å². The monoisotopic (exact) mass is 211 g/mol. The highest BCUT2D eigenvalue weighted by Gasteiger charge is 2.13. The van der Waals surface area contributed by atoms with E-state index in [2.05, 4.69) is 34.3 Å². The van der Waals surface area contributed by atoms with Crippen LogP contribution in [-0.4, -0.2) is 9.97 Å². The van der Waals surface area contributed by atoms with Gasteiger partial charge < -0.3 is 5.32 Å². The van der Waals surface area contributed by atoms with E-state index in [1.165, 1.54) is 11.1 Å². The highest BCUT2D eigenvalue weighted by atomic mass is 15.0. The summed E-state index contributed by atoms with van der Waals surface area (Å²) >= 11 is 0. The minimum absolute atomic E-state index is 0.834. The first-order chi connectivity index (χ1) is 7.84. The van der Waals surface area contributed by atoms with E-state index in [9.17, 15) is 0 Å². The highest BCUT2D eigenvalue weighted by molar-refractivity contribution is 5.59. The van der Waals surface area contributed by atoms with Crippen molar-refractivity contribution in [2.75, 3.05) is 0 Å². The lowest BCUT2D eigenvalue weighted by Gasteiger charge is -2.05. The average Bonchev–Trinajstić information content (AvgIpc) is 2.76. The van der Waals surface area contributed by atoms with Crippen molar-refractivity contribution in [2.45, 2.75) is 20.0 Å². The maximum Gasteiger partial charge on any atom is 0.159 e. The lowest BCUT2D eigenvalue weighted by molar-refractivity contribution is 0.758. The summed E-state index contributed by atoms with van der Waals surface area (Å²) in [6.07, 6.45) is 1.93. The third kappa shape index (κ3) is 1.49. The van der Waals surface area contributed by atoms with Crippen LogP contribution < -0.4 is 5.32 Å². The lowest BCUT2D eigenvalue weighted by Crippen LogP contribution is -2.00. The maximum absolute atomic E-state index is 4.61. The van der Waals surface area contributed by atoms with E-state index in [0.717, 1.165) is 30.2 Å². The van der Waals surface area contributed by atoms with Crippen LogP contribution in [0.1, 0.15) is 16.8 Å². The number of nitrogens with zero attached hydrogens (tertiary/aromatic N) is 2. The first-order valence-corrected chi connectivity index (χ1v) is 5.46. The molecule has 0 aliphatic carbocycles. The predicted octanol–water partition coefficient (Wildman–Crippen LogP) is 2.06. The number of nitrogens with one attached hydrogen (secondary N) is 1. The zero-order valence-electron chi connectivity index (χ0n) is 9.20. The molecule has 0 bridgehead atoms. The van der Waals surface area contributed by atoms with Gasteiger partial charge in [0.2, 0.25) is 0 Å². The van der Waals surface area contributed by atoms with Crippen molar-refractivity contribution in [3.05, 3.63) is 47.3 Å². The van der Waals surface area contributed by atoms with Crippen molar-refractivity contribution in [3.8, 4) is 11.4 Å². The summed E-state index contributed by atoms with van der Waals surface area (Å²) < 4.78 is 0. The Morgan fingerprint density at radius 3 is 2.94 bits per heavy atom. The van der Waals surface area contributed by atoms with Crippen molar-refractivity contribution in [2.24, 2.45) is 0 Å². The molecule has 16 heavy (non-hydrogen) atoms. The van der Waals surface area contributed by atoms with Gasteiger partial charge in [0.05, 0.1) is 5.69 Å². The molecule has 0 saturated heterocycles. The van der Waals surface area contributed by atoms with Gasteiger partial charge in [0.25, 0.3) is 0 Å². The number of hydrogen-bond donors (Lipinski definition) is 1. The lowest BCUT2D eigenvalue weighted by atomic mass is 10.1. The second-order valence-electron chi connectivity index (χ2n) is 4.08. The van der Waals surface area contributed by atoms with Gasteiger partial charge in [-0.2, -0.15) is 0 Å². The molecule has 3 rings (SSSR count). The molecule has 0 radical (unpaired) electrons. The zero-order valence-corrected chi connectivity index (χ0v) is 9.20. The number of fused-ring (bicyclic) bond motifs is 1. The molecule has 1 aromatic carbocycles. The molecule has 1 N–H and O–H groups in total. The van der Waals surface area contributed by atoms with Crippen LogP contribution in [0.25, 0.3) is 11.4 Å². The second kappa shape index (κ2) is 3.68. The number of rotatable bonds is 1. The molecule has 0 saturated carbocycles. The van der Waals surface area contributed by atoms with Crippen LogP contribution in [0.15, 0.2) is 30.5 Å². The molecule has 80 valence electrons. The number of hydrogen-bond acceptors (Lipinski definition) is 3. The Balaban J connectivity index is 2.11. The SMILES string of the molecule is Cc1ccccc1-c1ncc2c(n1)CNC2. The first-order valence-electron chi connectivity index (χ1n) is 5.46. The van der Waals surface area contributed by atoms with E-state index in [0.29, 0.717) is 0 Å². The van der Waals surface area contributed by atoms with Crippen molar-refractivity contribution in [1.82, 2.24) is 15.3 Å². The van der Waals surface area contributed by atoms with Crippen LogP contribution in [0.5, 0.6) is 0 Å². The average molecular weight is 211 g/mol. The Kier molecular flexibility index (Phi) is 2.18. The molecule has 0 atom stereocenters. The molecule has 2 heterocycles. The molecule has 0 amide bonds. The van der Waals surface area contributed by atoms with Gasteiger partial charge in [0.1, 0.15) is 0 Å². The molecule has 0 spiro atoms. The van der Waals surface area contributed by atoms with Crippen LogP contribution in [-0.2, 0) is 13.1 Å². The summed E-state index contributed by atoms with van der Waals surface area (Å²) in [6.45, 7) is 3.84. The smallest absolute Gasteiger partial charge is 0.159 e. The van der Waals surface area contributed by atoms with Crippen molar-refractivity contribution < 1.29 is 0 Å². The summed E-state index contributed by atoms with van der Waals surface area (Å²) in [5, 5.41) is 3.28.